The van der Waals surface area contributed by atoms with E-state index in [2.05, 4.69) is 15.3 Å². The molecule has 4 aliphatic carbocycles. The molecule has 1 aromatic heterocycles. The van der Waals surface area contributed by atoms with Crippen LogP contribution < -0.4 is 5.32 Å². The molecule has 2 heterocycles. The number of likely N-dealkylation sites (tertiary alicyclic amines) is 1. The minimum Gasteiger partial charge on any atom is -0.350 e. The lowest BCUT2D eigenvalue weighted by molar-refractivity contribution is -0.134. The van der Waals surface area contributed by atoms with Gasteiger partial charge in [-0.2, -0.15) is 0 Å². The smallest absolute Gasteiger partial charge is 0.274 e. The Morgan fingerprint density at radius 2 is 1.68 bits per heavy atom. The third-order valence-corrected chi connectivity index (χ3v) is 6.75. The molecule has 6 heteroatoms. The molecule has 1 N–H and O–H groups in total. The van der Waals surface area contributed by atoms with Gasteiger partial charge in [0.05, 0.1) is 12.1 Å². The van der Waals surface area contributed by atoms with Crippen LogP contribution in [0.5, 0.6) is 0 Å². The Hall–Kier alpha value is -1.98. The molecule has 6 rings (SSSR count). The van der Waals surface area contributed by atoms with E-state index in [0.29, 0.717) is 18.8 Å². The highest BCUT2D eigenvalue weighted by molar-refractivity contribution is 5.94. The third kappa shape index (κ3) is 2.62. The first-order valence-corrected chi connectivity index (χ1v) is 9.47. The van der Waals surface area contributed by atoms with Crippen molar-refractivity contribution >= 4 is 11.8 Å². The molecule has 132 valence electrons. The molecule has 1 saturated heterocycles. The van der Waals surface area contributed by atoms with Gasteiger partial charge in [-0.15, -0.1) is 0 Å². The quantitative estimate of drug-likeness (QED) is 0.907. The molecule has 2 amide bonds. The van der Waals surface area contributed by atoms with Crippen LogP contribution in [0.25, 0.3) is 0 Å². The lowest BCUT2D eigenvalue weighted by Gasteiger charge is -2.57. The molecule has 1 aromatic rings. The maximum atomic E-state index is 12.7. The Kier molecular flexibility index (Phi) is 3.37. The number of amides is 2. The number of carbonyl (C=O) groups excluding carboxylic acids is 2. The zero-order chi connectivity index (χ0) is 17.0. The highest BCUT2D eigenvalue weighted by Crippen LogP contribution is 2.55. The Morgan fingerprint density at radius 3 is 2.24 bits per heavy atom. The van der Waals surface area contributed by atoms with Gasteiger partial charge in [0, 0.05) is 31.0 Å². The molecular weight excluding hydrogens is 316 g/mol. The van der Waals surface area contributed by atoms with Crippen molar-refractivity contribution in [1.29, 1.82) is 0 Å². The van der Waals surface area contributed by atoms with Gasteiger partial charge in [-0.1, -0.05) is 0 Å². The maximum Gasteiger partial charge on any atom is 0.274 e. The van der Waals surface area contributed by atoms with Crippen molar-refractivity contribution in [2.24, 2.45) is 23.7 Å². The van der Waals surface area contributed by atoms with E-state index in [1.807, 2.05) is 0 Å². The number of aromatic nitrogens is 2. The summed E-state index contributed by atoms with van der Waals surface area (Å²) in [7, 11) is 0. The Balaban J connectivity index is 1.19. The lowest BCUT2D eigenvalue weighted by atomic mass is 9.53. The number of carbonyl (C=O) groups is 2. The van der Waals surface area contributed by atoms with Crippen molar-refractivity contribution in [3.8, 4) is 0 Å². The topological polar surface area (TPSA) is 75.2 Å². The number of hydrogen-bond donors (Lipinski definition) is 1. The zero-order valence-electron chi connectivity index (χ0n) is 14.4. The van der Waals surface area contributed by atoms with E-state index in [9.17, 15) is 9.59 Å². The van der Waals surface area contributed by atoms with Gasteiger partial charge >= 0.3 is 0 Å². The van der Waals surface area contributed by atoms with Gasteiger partial charge in [0.1, 0.15) is 5.69 Å². The first-order chi connectivity index (χ1) is 12.1. The van der Waals surface area contributed by atoms with Gasteiger partial charge < -0.3 is 10.2 Å². The first kappa shape index (κ1) is 15.3. The SMILES string of the molecule is O=C(NC12CC3CC(CC(C3)C1)C2)C1CN(C(=O)c2cnccn2)C1. The molecule has 1 aliphatic heterocycles. The Bertz CT molecular complexity index is 663. The number of hydrogen-bond acceptors (Lipinski definition) is 4. The summed E-state index contributed by atoms with van der Waals surface area (Å²) < 4.78 is 0. The lowest BCUT2D eigenvalue weighted by Crippen LogP contribution is -2.64. The summed E-state index contributed by atoms with van der Waals surface area (Å²) in [6.07, 6.45) is 12.2. The second-order valence-corrected chi connectivity index (χ2v) is 8.68. The van der Waals surface area contributed by atoms with Crippen LogP contribution in [0.1, 0.15) is 49.0 Å². The third-order valence-electron chi connectivity index (χ3n) is 6.75. The molecule has 0 atom stereocenters. The number of nitrogens with one attached hydrogen (secondary N) is 1. The molecule has 5 aliphatic rings. The summed E-state index contributed by atoms with van der Waals surface area (Å²) in [6, 6.07) is 0. The van der Waals surface area contributed by atoms with Crippen molar-refractivity contribution in [2.75, 3.05) is 13.1 Å². The Labute approximate surface area is 147 Å². The van der Waals surface area contributed by atoms with Gasteiger partial charge in [0.15, 0.2) is 0 Å². The van der Waals surface area contributed by atoms with Crippen molar-refractivity contribution in [3.05, 3.63) is 24.3 Å². The fourth-order valence-electron chi connectivity index (χ4n) is 6.01. The van der Waals surface area contributed by atoms with Crippen LogP contribution in [-0.2, 0) is 4.79 Å². The summed E-state index contributed by atoms with van der Waals surface area (Å²) in [4.78, 5) is 34.7. The number of nitrogens with zero attached hydrogens (tertiary/aromatic N) is 3. The van der Waals surface area contributed by atoms with E-state index >= 15 is 0 Å². The van der Waals surface area contributed by atoms with Crippen LogP contribution in [0, 0.1) is 23.7 Å². The standard InChI is InChI=1S/C19H24N4O2/c24-17(15-10-23(11-15)18(25)16-9-20-1-2-21-16)22-19-6-12-3-13(7-19)5-14(4-12)8-19/h1-2,9,12-15H,3-8,10-11H2,(H,22,24). The minimum atomic E-state index is -0.132. The van der Waals surface area contributed by atoms with Crippen LogP contribution in [-0.4, -0.2) is 45.3 Å². The van der Waals surface area contributed by atoms with Crippen molar-refractivity contribution in [3.63, 3.8) is 0 Å². The van der Waals surface area contributed by atoms with E-state index in [4.69, 9.17) is 0 Å². The van der Waals surface area contributed by atoms with Crippen molar-refractivity contribution in [2.45, 2.75) is 44.1 Å². The second kappa shape index (κ2) is 5.51. The van der Waals surface area contributed by atoms with E-state index in [0.717, 1.165) is 17.8 Å². The van der Waals surface area contributed by atoms with Gasteiger partial charge in [-0.25, -0.2) is 4.98 Å². The molecule has 0 spiro atoms. The molecule has 0 radical (unpaired) electrons. The molecule has 6 nitrogen and oxygen atoms in total. The summed E-state index contributed by atoms with van der Waals surface area (Å²) in [5.41, 5.74) is 0.406. The first-order valence-electron chi connectivity index (χ1n) is 9.47. The van der Waals surface area contributed by atoms with Crippen LogP contribution in [0.15, 0.2) is 18.6 Å². The number of rotatable bonds is 3. The van der Waals surface area contributed by atoms with Crippen molar-refractivity contribution in [1.82, 2.24) is 20.2 Å². The van der Waals surface area contributed by atoms with Crippen LogP contribution in [0.2, 0.25) is 0 Å². The van der Waals surface area contributed by atoms with Gasteiger partial charge in [0.2, 0.25) is 5.91 Å². The van der Waals surface area contributed by atoms with E-state index < -0.39 is 0 Å². The van der Waals surface area contributed by atoms with Crippen molar-refractivity contribution < 1.29 is 9.59 Å². The summed E-state index contributed by atoms with van der Waals surface area (Å²) in [5.74, 6) is 2.40. The Morgan fingerprint density at radius 1 is 1.04 bits per heavy atom. The fraction of sp³-hybridized carbons (Fsp3) is 0.684. The largest absolute Gasteiger partial charge is 0.350 e. The van der Waals surface area contributed by atoms with E-state index in [-0.39, 0.29) is 23.3 Å². The monoisotopic (exact) mass is 340 g/mol. The molecule has 0 aromatic carbocycles. The summed E-state index contributed by atoms with van der Waals surface area (Å²) in [5, 5.41) is 3.42. The van der Waals surface area contributed by atoms with E-state index in [1.54, 1.807) is 11.1 Å². The van der Waals surface area contributed by atoms with Crippen LogP contribution in [0.4, 0.5) is 0 Å². The molecular formula is C19H24N4O2. The maximum absolute atomic E-state index is 12.7. The highest BCUT2D eigenvalue weighted by atomic mass is 16.2. The predicted octanol–water partition coefficient (Wildman–Crippen LogP) is 1.63. The van der Waals surface area contributed by atoms with Gasteiger partial charge in [-0.05, 0) is 56.3 Å². The molecule has 25 heavy (non-hydrogen) atoms. The zero-order valence-corrected chi connectivity index (χ0v) is 14.4. The van der Waals surface area contributed by atoms with Gasteiger partial charge in [-0.3, -0.25) is 14.6 Å². The fourth-order valence-corrected chi connectivity index (χ4v) is 6.01. The minimum absolute atomic E-state index is 0.0567. The molecule has 4 bridgehead atoms. The highest BCUT2D eigenvalue weighted by Gasteiger charge is 2.52. The van der Waals surface area contributed by atoms with Crippen LogP contribution >= 0.6 is 0 Å². The molecule has 0 unspecified atom stereocenters. The van der Waals surface area contributed by atoms with E-state index in [1.165, 1.54) is 50.9 Å². The average Bonchev–Trinajstić information content (AvgIpc) is 2.52. The average molecular weight is 340 g/mol. The normalized spacial score (nSPS) is 36.2. The molecule has 4 saturated carbocycles. The predicted molar refractivity (Wildman–Crippen MR) is 90.5 cm³/mol. The summed E-state index contributed by atoms with van der Waals surface area (Å²) >= 11 is 0. The summed E-state index contributed by atoms with van der Waals surface area (Å²) in [6.45, 7) is 0.987. The second-order valence-electron chi connectivity index (χ2n) is 8.68. The van der Waals surface area contributed by atoms with Crippen LogP contribution in [0.3, 0.4) is 0 Å². The van der Waals surface area contributed by atoms with Gasteiger partial charge in [0.25, 0.3) is 5.91 Å². The molecule has 5 fully saturated rings.